The number of rotatable bonds is 6. The van der Waals surface area contributed by atoms with Crippen LogP contribution in [0.25, 0.3) is 0 Å². The number of nitrogens with zero attached hydrogens (tertiary/aromatic N) is 1. The second kappa shape index (κ2) is 6.85. The third-order valence-electron chi connectivity index (χ3n) is 4.05. The van der Waals surface area contributed by atoms with E-state index in [4.69, 9.17) is 18.0 Å². The Labute approximate surface area is 132 Å². The van der Waals surface area contributed by atoms with Crippen LogP contribution < -0.4 is 5.73 Å². The first-order chi connectivity index (χ1) is 9.88. The van der Waals surface area contributed by atoms with Gasteiger partial charge in [-0.15, -0.1) is 0 Å². The zero-order valence-electron chi connectivity index (χ0n) is 12.3. The summed E-state index contributed by atoms with van der Waals surface area (Å²) < 4.78 is 26.3. The third kappa shape index (κ3) is 4.49. The summed E-state index contributed by atoms with van der Waals surface area (Å²) >= 11 is 4.89. The van der Waals surface area contributed by atoms with Gasteiger partial charge in [-0.05, 0) is 24.3 Å². The Hall–Kier alpha value is -0.980. The zero-order chi connectivity index (χ0) is 15.5. The first-order valence-electron chi connectivity index (χ1n) is 7.21. The highest BCUT2D eigenvalue weighted by Gasteiger charge is 2.24. The lowest BCUT2D eigenvalue weighted by atomic mass is 10.1. The van der Waals surface area contributed by atoms with E-state index >= 15 is 0 Å². The standard InChI is InChI=1S/C15H22N2O2S2/c1-17(10-12-4-2-3-5-12)21(18,19)11-13-6-8-14(9-7-13)15(16)20/h6-9,12H,2-5,10-11H2,1H3,(H2,16,20). The maximum atomic E-state index is 12.4. The molecule has 1 aliphatic rings. The van der Waals surface area contributed by atoms with Crippen LogP contribution in [0.3, 0.4) is 0 Å². The Morgan fingerprint density at radius 1 is 1.29 bits per heavy atom. The second-order valence-corrected chi connectivity index (χ2v) is 8.26. The Morgan fingerprint density at radius 2 is 1.86 bits per heavy atom. The maximum Gasteiger partial charge on any atom is 0.218 e. The molecule has 1 aromatic rings. The van der Waals surface area contributed by atoms with Gasteiger partial charge in [-0.2, -0.15) is 0 Å². The van der Waals surface area contributed by atoms with E-state index in [-0.39, 0.29) is 5.75 Å². The lowest BCUT2D eigenvalue weighted by molar-refractivity contribution is 0.387. The normalized spacial score (nSPS) is 16.5. The summed E-state index contributed by atoms with van der Waals surface area (Å²) in [5.74, 6) is 0.537. The molecule has 0 atom stereocenters. The van der Waals surface area contributed by atoms with Crippen molar-refractivity contribution in [3.63, 3.8) is 0 Å². The smallest absolute Gasteiger partial charge is 0.218 e. The Kier molecular flexibility index (Phi) is 5.35. The van der Waals surface area contributed by atoms with Crippen molar-refractivity contribution in [2.45, 2.75) is 31.4 Å². The van der Waals surface area contributed by atoms with Gasteiger partial charge >= 0.3 is 0 Å². The lowest BCUT2D eigenvalue weighted by Gasteiger charge is -2.20. The van der Waals surface area contributed by atoms with Gasteiger partial charge < -0.3 is 5.73 Å². The molecular formula is C15H22N2O2S2. The molecule has 0 aliphatic heterocycles. The number of hydrogen-bond donors (Lipinski definition) is 1. The highest BCUT2D eigenvalue weighted by atomic mass is 32.2. The number of sulfonamides is 1. The Balaban J connectivity index is 2.00. The molecule has 0 amide bonds. The maximum absolute atomic E-state index is 12.4. The third-order valence-corrected chi connectivity index (χ3v) is 6.09. The number of benzene rings is 1. The van der Waals surface area contributed by atoms with E-state index in [9.17, 15) is 8.42 Å². The Bertz CT molecular complexity index is 591. The molecule has 1 fully saturated rings. The predicted molar refractivity (Wildman–Crippen MR) is 89.5 cm³/mol. The van der Waals surface area contributed by atoms with Crippen LogP contribution >= 0.6 is 12.2 Å². The first-order valence-corrected chi connectivity index (χ1v) is 9.23. The second-order valence-electron chi connectivity index (χ2n) is 5.75. The quantitative estimate of drug-likeness (QED) is 0.815. The van der Waals surface area contributed by atoms with E-state index in [0.29, 0.717) is 17.5 Å². The summed E-state index contributed by atoms with van der Waals surface area (Å²) in [5, 5.41) is 0. The van der Waals surface area contributed by atoms with Gasteiger partial charge in [0.15, 0.2) is 0 Å². The highest BCUT2D eigenvalue weighted by Crippen LogP contribution is 2.26. The van der Waals surface area contributed by atoms with Gasteiger partial charge in [0.1, 0.15) is 4.99 Å². The van der Waals surface area contributed by atoms with Gasteiger partial charge in [-0.1, -0.05) is 49.3 Å². The van der Waals surface area contributed by atoms with E-state index in [2.05, 4.69) is 0 Å². The van der Waals surface area contributed by atoms with E-state index in [1.165, 1.54) is 17.1 Å². The minimum atomic E-state index is -3.26. The predicted octanol–water partition coefficient (Wildman–Crippen LogP) is 2.27. The summed E-state index contributed by atoms with van der Waals surface area (Å²) in [7, 11) is -1.59. The fourth-order valence-electron chi connectivity index (χ4n) is 2.76. The molecule has 0 saturated heterocycles. The minimum Gasteiger partial charge on any atom is -0.389 e. The number of hydrogen-bond acceptors (Lipinski definition) is 3. The molecule has 0 radical (unpaired) electrons. The van der Waals surface area contributed by atoms with Gasteiger partial charge in [0.2, 0.25) is 10.0 Å². The van der Waals surface area contributed by atoms with Crippen molar-refractivity contribution in [3.8, 4) is 0 Å². The molecule has 6 heteroatoms. The fraction of sp³-hybridized carbons (Fsp3) is 0.533. The van der Waals surface area contributed by atoms with Crippen LogP contribution in [0.4, 0.5) is 0 Å². The van der Waals surface area contributed by atoms with Crippen LogP contribution in [0.5, 0.6) is 0 Å². The molecule has 0 bridgehead atoms. The van der Waals surface area contributed by atoms with Crippen molar-refractivity contribution in [1.29, 1.82) is 0 Å². The summed E-state index contributed by atoms with van der Waals surface area (Å²) in [6, 6.07) is 7.08. The van der Waals surface area contributed by atoms with Crippen molar-refractivity contribution < 1.29 is 8.42 Å². The topological polar surface area (TPSA) is 63.4 Å². The minimum absolute atomic E-state index is 0.0217. The average molecular weight is 326 g/mol. The van der Waals surface area contributed by atoms with Crippen LogP contribution in [0.15, 0.2) is 24.3 Å². The van der Waals surface area contributed by atoms with Crippen LogP contribution in [-0.4, -0.2) is 31.3 Å². The molecule has 0 spiro atoms. The van der Waals surface area contributed by atoms with Gasteiger partial charge in [0.05, 0.1) is 5.75 Å². The van der Waals surface area contributed by atoms with E-state index < -0.39 is 10.0 Å². The number of nitrogens with two attached hydrogens (primary N) is 1. The van der Waals surface area contributed by atoms with Crippen molar-refractivity contribution >= 4 is 27.2 Å². The summed E-state index contributed by atoms with van der Waals surface area (Å²) in [6.45, 7) is 0.632. The molecule has 0 heterocycles. The van der Waals surface area contributed by atoms with E-state index in [1.807, 2.05) is 0 Å². The molecular weight excluding hydrogens is 304 g/mol. The largest absolute Gasteiger partial charge is 0.389 e. The van der Waals surface area contributed by atoms with Crippen molar-refractivity contribution in [2.75, 3.05) is 13.6 Å². The molecule has 1 aromatic carbocycles. The van der Waals surface area contributed by atoms with Crippen LogP contribution in [0.1, 0.15) is 36.8 Å². The molecule has 116 valence electrons. The average Bonchev–Trinajstić information content (AvgIpc) is 2.91. The first kappa shape index (κ1) is 16.4. The van der Waals surface area contributed by atoms with E-state index in [0.717, 1.165) is 24.0 Å². The van der Waals surface area contributed by atoms with E-state index in [1.54, 1.807) is 31.3 Å². The molecule has 0 unspecified atom stereocenters. The fourth-order valence-corrected chi connectivity index (χ4v) is 4.16. The van der Waals surface area contributed by atoms with Crippen LogP contribution in [-0.2, 0) is 15.8 Å². The SMILES string of the molecule is CN(CC1CCCC1)S(=O)(=O)Cc1ccc(C(N)=S)cc1. The van der Waals surface area contributed by atoms with Crippen molar-refractivity contribution in [2.24, 2.45) is 11.7 Å². The van der Waals surface area contributed by atoms with Crippen molar-refractivity contribution in [1.82, 2.24) is 4.31 Å². The zero-order valence-corrected chi connectivity index (χ0v) is 13.9. The molecule has 2 rings (SSSR count). The Morgan fingerprint density at radius 3 is 2.38 bits per heavy atom. The monoisotopic (exact) mass is 326 g/mol. The molecule has 1 saturated carbocycles. The van der Waals surface area contributed by atoms with Gasteiger partial charge in [-0.25, -0.2) is 12.7 Å². The van der Waals surface area contributed by atoms with Crippen molar-refractivity contribution in [3.05, 3.63) is 35.4 Å². The summed E-state index contributed by atoms with van der Waals surface area (Å²) in [6.07, 6.45) is 4.73. The van der Waals surface area contributed by atoms with Gasteiger partial charge in [0.25, 0.3) is 0 Å². The van der Waals surface area contributed by atoms with Crippen LogP contribution in [0, 0.1) is 5.92 Å². The molecule has 21 heavy (non-hydrogen) atoms. The molecule has 4 nitrogen and oxygen atoms in total. The molecule has 2 N–H and O–H groups in total. The van der Waals surface area contributed by atoms with Crippen LogP contribution in [0.2, 0.25) is 0 Å². The summed E-state index contributed by atoms with van der Waals surface area (Å²) in [5.41, 5.74) is 7.05. The van der Waals surface area contributed by atoms with Gasteiger partial charge in [-0.3, -0.25) is 0 Å². The highest BCUT2D eigenvalue weighted by molar-refractivity contribution is 7.88. The molecule has 0 aromatic heterocycles. The summed E-state index contributed by atoms with van der Waals surface area (Å²) in [4.78, 5) is 0.322. The molecule has 1 aliphatic carbocycles. The van der Waals surface area contributed by atoms with Gasteiger partial charge in [0, 0.05) is 19.2 Å². The number of thiocarbonyl (C=S) groups is 1. The lowest BCUT2D eigenvalue weighted by Crippen LogP contribution is -2.32.